The third-order valence-electron chi connectivity index (χ3n) is 7.03. The van der Waals surface area contributed by atoms with Crippen LogP contribution in [-0.2, 0) is 4.74 Å². The summed E-state index contributed by atoms with van der Waals surface area (Å²) < 4.78 is 8.00. The summed E-state index contributed by atoms with van der Waals surface area (Å²) in [7, 11) is 0. The second-order valence-electron chi connectivity index (χ2n) is 8.51. The summed E-state index contributed by atoms with van der Waals surface area (Å²) in [5.41, 5.74) is 2.80. The lowest BCUT2D eigenvalue weighted by molar-refractivity contribution is -0.172. The number of hydrogen-bond donors (Lipinski definition) is 2. The fraction of sp³-hybridized carbons (Fsp3) is 0.579. The van der Waals surface area contributed by atoms with Crippen molar-refractivity contribution in [1.29, 1.82) is 5.26 Å². The Bertz CT molecular complexity index is 1130. The number of nitrogens with zero attached hydrogens (tertiary/aromatic N) is 4. The van der Waals surface area contributed by atoms with Gasteiger partial charge in [0.1, 0.15) is 17.6 Å². The van der Waals surface area contributed by atoms with Gasteiger partial charge in [-0.2, -0.15) is 5.26 Å². The van der Waals surface area contributed by atoms with E-state index in [4.69, 9.17) is 10.00 Å². The Balaban J connectivity index is 1.49. The van der Waals surface area contributed by atoms with Crippen molar-refractivity contribution in [3.63, 3.8) is 0 Å². The summed E-state index contributed by atoms with van der Waals surface area (Å²) in [5, 5.41) is 8.96. The van der Waals surface area contributed by atoms with Crippen LogP contribution in [0.5, 0.6) is 0 Å². The summed E-state index contributed by atoms with van der Waals surface area (Å²) in [6.45, 7) is 0.156. The Kier molecular flexibility index (Phi) is 2.97. The molecule has 4 saturated carbocycles. The van der Waals surface area contributed by atoms with E-state index in [1.165, 1.54) is 0 Å². The minimum Gasteiger partial charge on any atom is -0.360 e. The van der Waals surface area contributed by atoms with E-state index < -0.39 is 0 Å². The van der Waals surface area contributed by atoms with E-state index in [-0.39, 0.29) is 23.9 Å². The minimum atomic E-state index is -0.165. The molecular formula is C19H20N6O2. The highest BCUT2D eigenvalue weighted by atomic mass is 16.5. The molecule has 0 spiro atoms. The summed E-state index contributed by atoms with van der Waals surface area (Å²) in [6, 6.07) is 2.29. The van der Waals surface area contributed by atoms with E-state index >= 15 is 0 Å². The van der Waals surface area contributed by atoms with Gasteiger partial charge in [-0.1, -0.05) is 0 Å². The van der Waals surface area contributed by atoms with E-state index in [9.17, 15) is 4.79 Å². The SMILES string of the molecule is N#CCO[C@]12CC3C[C@H](C1)[C@@H](n1c(=O)[nH]c4cnc5[nH]cnc5c41)[C@@H](C3)C2. The van der Waals surface area contributed by atoms with Crippen LogP contribution in [0.3, 0.4) is 0 Å². The molecule has 8 heteroatoms. The van der Waals surface area contributed by atoms with Crippen LogP contribution in [-0.4, -0.2) is 36.7 Å². The maximum atomic E-state index is 12.9. The van der Waals surface area contributed by atoms with Gasteiger partial charge in [-0.05, 0) is 49.9 Å². The quantitative estimate of drug-likeness (QED) is 0.740. The Morgan fingerprint density at radius 2 is 2.11 bits per heavy atom. The van der Waals surface area contributed by atoms with Crippen molar-refractivity contribution < 1.29 is 4.74 Å². The van der Waals surface area contributed by atoms with Gasteiger partial charge in [-0.15, -0.1) is 0 Å². The maximum absolute atomic E-state index is 12.9. The van der Waals surface area contributed by atoms with Gasteiger partial charge in [0.2, 0.25) is 0 Å². The lowest BCUT2D eigenvalue weighted by atomic mass is 9.52. The van der Waals surface area contributed by atoms with Crippen molar-refractivity contribution in [1.82, 2.24) is 24.5 Å². The number of hydrogen-bond acceptors (Lipinski definition) is 5. The Labute approximate surface area is 154 Å². The number of aromatic nitrogens is 5. The first-order valence-electron chi connectivity index (χ1n) is 9.61. The number of aromatic amines is 2. The first-order chi connectivity index (χ1) is 13.2. The second-order valence-corrected chi connectivity index (χ2v) is 8.51. The molecule has 7 rings (SSSR count). The van der Waals surface area contributed by atoms with Crippen LogP contribution in [0.1, 0.15) is 38.1 Å². The number of ether oxygens (including phenoxy) is 1. The molecule has 1 unspecified atom stereocenters. The van der Waals surface area contributed by atoms with Crippen LogP contribution in [0.25, 0.3) is 22.2 Å². The highest BCUT2D eigenvalue weighted by Crippen LogP contribution is 2.61. The third-order valence-corrected chi connectivity index (χ3v) is 7.03. The summed E-state index contributed by atoms with van der Waals surface area (Å²) in [5.74, 6) is 1.44. The van der Waals surface area contributed by atoms with Crippen molar-refractivity contribution in [3.05, 3.63) is 23.0 Å². The highest BCUT2D eigenvalue weighted by Gasteiger charge is 2.57. The zero-order chi connectivity index (χ0) is 18.2. The average Bonchev–Trinajstić information content (AvgIpc) is 3.23. The van der Waals surface area contributed by atoms with Crippen molar-refractivity contribution in [2.75, 3.05) is 6.61 Å². The normalized spacial score (nSPS) is 34.5. The lowest BCUT2D eigenvalue weighted by Crippen LogP contribution is -2.57. The highest BCUT2D eigenvalue weighted by molar-refractivity contribution is 5.98. The topological polar surface area (TPSA) is 112 Å². The molecule has 3 heterocycles. The Morgan fingerprint density at radius 3 is 2.89 bits per heavy atom. The molecule has 5 atom stereocenters. The lowest BCUT2D eigenvalue weighted by Gasteiger charge is -2.59. The smallest absolute Gasteiger partial charge is 0.326 e. The Morgan fingerprint density at radius 1 is 1.30 bits per heavy atom. The molecule has 8 nitrogen and oxygen atoms in total. The fourth-order valence-corrected chi connectivity index (χ4v) is 6.48. The van der Waals surface area contributed by atoms with Crippen molar-refractivity contribution in [3.8, 4) is 6.07 Å². The van der Waals surface area contributed by atoms with Crippen molar-refractivity contribution >= 4 is 22.2 Å². The molecule has 0 radical (unpaired) electrons. The standard InChI is InChI=1S/C19H20N6O2/c20-1-2-27-19-5-10-3-11(6-19)15(12(4-10)7-19)25-16-13(24-18(25)26)8-21-17-14(16)22-9-23-17/h8-12,15H,2-7H2,(H,24,26)(H,21,22,23)/t10?,11-,12+,15-,19-. The molecule has 4 fully saturated rings. The molecule has 4 aliphatic rings. The molecule has 27 heavy (non-hydrogen) atoms. The molecule has 3 aromatic rings. The fourth-order valence-electron chi connectivity index (χ4n) is 6.48. The number of nitriles is 1. The maximum Gasteiger partial charge on any atom is 0.326 e. The van der Waals surface area contributed by atoms with Crippen LogP contribution in [0.15, 0.2) is 17.3 Å². The molecule has 138 valence electrons. The largest absolute Gasteiger partial charge is 0.360 e. The Hall–Kier alpha value is -2.66. The average molecular weight is 364 g/mol. The van der Waals surface area contributed by atoms with E-state index in [0.717, 1.165) is 48.7 Å². The van der Waals surface area contributed by atoms with E-state index in [2.05, 4.69) is 26.0 Å². The van der Waals surface area contributed by atoms with Gasteiger partial charge in [0, 0.05) is 6.04 Å². The predicted molar refractivity (Wildman–Crippen MR) is 96.9 cm³/mol. The van der Waals surface area contributed by atoms with Gasteiger partial charge < -0.3 is 14.7 Å². The zero-order valence-electron chi connectivity index (χ0n) is 14.8. The van der Waals surface area contributed by atoms with Gasteiger partial charge in [0.05, 0.1) is 29.7 Å². The molecule has 0 amide bonds. The molecule has 3 aromatic heterocycles. The molecule has 0 aromatic carbocycles. The summed E-state index contributed by atoms with van der Waals surface area (Å²) in [6.07, 6.45) is 8.52. The molecule has 4 aliphatic carbocycles. The number of fused-ring (bicyclic) bond motifs is 3. The van der Waals surface area contributed by atoms with Crippen LogP contribution in [0.4, 0.5) is 0 Å². The third kappa shape index (κ3) is 2.03. The molecule has 4 bridgehead atoms. The molecule has 0 saturated heterocycles. The van der Waals surface area contributed by atoms with Crippen LogP contribution >= 0.6 is 0 Å². The van der Waals surface area contributed by atoms with Crippen LogP contribution < -0.4 is 5.69 Å². The van der Waals surface area contributed by atoms with Gasteiger partial charge in [0.25, 0.3) is 0 Å². The zero-order valence-corrected chi connectivity index (χ0v) is 14.8. The summed E-state index contributed by atoms with van der Waals surface area (Å²) >= 11 is 0. The molecule has 2 N–H and O–H groups in total. The molecular weight excluding hydrogens is 344 g/mol. The van der Waals surface area contributed by atoms with Gasteiger partial charge in [-0.25, -0.2) is 14.8 Å². The number of imidazole rings is 2. The van der Waals surface area contributed by atoms with Crippen LogP contribution in [0.2, 0.25) is 0 Å². The summed E-state index contributed by atoms with van der Waals surface area (Å²) in [4.78, 5) is 27.7. The van der Waals surface area contributed by atoms with E-state index in [0.29, 0.717) is 23.4 Å². The van der Waals surface area contributed by atoms with Gasteiger partial charge >= 0.3 is 5.69 Å². The minimum absolute atomic E-state index is 0.0771. The second kappa shape index (κ2) is 5.20. The van der Waals surface area contributed by atoms with Crippen LogP contribution in [0, 0.1) is 29.1 Å². The monoisotopic (exact) mass is 364 g/mol. The number of nitrogens with one attached hydrogen (secondary N) is 2. The number of H-pyrrole nitrogens is 2. The van der Waals surface area contributed by atoms with Gasteiger partial charge in [0.15, 0.2) is 5.65 Å². The number of rotatable bonds is 3. The number of pyridine rings is 1. The molecule has 0 aliphatic heterocycles. The van der Waals surface area contributed by atoms with Crippen molar-refractivity contribution in [2.45, 2.75) is 43.7 Å². The van der Waals surface area contributed by atoms with Crippen molar-refractivity contribution in [2.24, 2.45) is 17.8 Å². The first-order valence-corrected chi connectivity index (χ1v) is 9.61. The van der Waals surface area contributed by atoms with E-state index in [1.54, 1.807) is 12.5 Å². The predicted octanol–water partition coefficient (Wildman–Crippen LogP) is 2.26. The van der Waals surface area contributed by atoms with Gasteiger partial charge in [-0.3, -0.25) is 4.57 Å². The first kappa shape index (κ1) is 15.4. The van der Waals surface area contributed by atoms with E-state index in [1.807, 2.05) is 4.57 Å².